The number of nitrogens with zero attached hydrogens (tertiary/aromatic N) is 3. The lowest BCUT2D eigenvalue weighted by atomic mass is 10.0. The van der Waals surface area contributed by atoms with Gasteiger partial charge in [0.05, 0.1) is 7.11 Å². The molecule has 5 heteroatoms. The van der Waals surface area contributed by atoms with Crippen LogP contribution in [0.4, 0.5) is 0 Å². The Morgan fingerprint density at radius 1 is 1.32 bits per heavy atom. The third-order valence-corrected chi connectivity index (χ3v) is 4.69. The first-order chi connectivity index (χ1) is 12.3. The number of hydrogen-bond acceptors (Lipinski definition) is 4. The molecule has 2 heterocycles. The zero-order chi connectivity index (χ0) is 17.5. The van der Waals surface area contributed by atoms with Gasteiger partial charge in [-0.05, 0) is 49.1 Å². The van der Waals surface area contributed by atoms with Gasteiger partial charge in [0.25, 0.3) is 0 Å². The van der Waals surface area contributed by atoms with Gasteiger partial charge in [0.2, 0.25) is 0 Å². The molecule has 1 aromatic heterocycles. The van der Waals surface area contributed by atoms with Crippen LogP contribution in [0.3, 0.4) is 0 Å². The monoisotopic (exact) mass is 339 g/mol. The first-order valence-electron chi connectivity index (χ1n) is 8.84. The number of benzene rings is 1. The van der Waals surface area contributed by atoms with Gasteiger partial charge in [0.15, 0.2) is 0 Å². The molecule has 132 valence electrons. The number of likely N-dealkylation sites (tertiary alicyclic amines) is 1. The Kier molecular flexibility index (Phi) is 6.01. The van der Waals surface area contributed by atoms with E-state index in [1.54, 1.807) is 6.08 Å². The van der Waals surface area contributed by atoms with Gasteiger partial charge >= 0.3 is 5.97 Å². The van der Waals surface area contributed by atoms with Gasteiger partial charge in [0, 0.05) is 37.6 Å². The highest BCUT2D eigenvalue weighted by Crippen LogP contribution is 2.32. The summed E-state index contributed by atoms with van der Waals surface area (Å²) in [6.07, 6.45) is 10.6. The summed E-state index contributed by atoms with van der Waals surface area (Å²) in [7, 11) is 1.39. The Morgan fingerprint density at radius 3 is 2.88 bits per heavy atom. The Balaban J connectivity index is 1.56. The zero-order valence-electron chi connectivity index (χ0n) is 14.7. The van der Waals surface area contributed by atoms with Crippen LogP contribution < -0.4 is 0 Å². The van der Waals surface area contributed by atoms with E-state index in [0.29, 0.717) is 6.04 Å². The highest BCUT2D eigenvalue weighted by Gasteiger charge is 2.25. The summed E-state index contributed by atoms with van der Waals surface area (Å²) in [5.74, 6) is -0.330. The highest BCUT2D eigenvalue weighted by atomic mass is 16.5. The van der Waals surface area contributed by atoms with Crippen molar-refractivity contribution in [3.05, 3.63) is 59.9 Å². The van der Waals surface area contributed by atoms with Crippen LogP contribution in [0, 0.1) is 0 Å². The van der Waals surface area contributed by atoms with Crippen LogP contribution in [0.15, 0.2) is 48.8 Å². The lowest BCUT2D eigenvalue weighted by Crippen LogP contribution is -2.25. The largest absolute Gasteiger partial charge is 0.466 e. The van der Waals surface area contributed by atoms with Crippen molar-refractivity contribution in [1.82, 2.24) is 14.7 Å². The van der Waals surface area contributed by atoms with E-state index < -0.39 is 0 Å². The van der Waals surface area contributed by atoms with E-state index in [1.807, 2.05) is 23.1 Å². The normalized spacial score (nSPS) is 18.0. The van der Waals surface area contributed by atoms with Crippen molar-refractivity contribution < 1.29 is 9.53 Å². The number of carbonyl (C=O) groups is 1. The number of rotatable bonds is 7. The van der Waals surface area contributed by atoms with Gasteiger partial charge in [-0.3, -0.25) is 9.58 Å². The molecule has 0 spiro atoms. The van der Waals surface area contributed by atoms with Crippen LogP contribution in [0.2, 0.25) is 0 Å². The molecule has 0 amide bonds. The zero-order valence-corrected chi connectivity index (χ0v) is 14.7. The molecule has 1 aromatic carbocycles. The molecule has 25 heavy (non-hydrogen) atoms. The first-order valence-corrected chi connectivity index (χ1v) is 8.84. The highest BCUT2D eigenvalue weighted by molar-refractivity contribution is 5.86. The van der Waals surface area contributed by atoms with E-state index in [-0.39, 0.29) is 5.97 Å². The minimum atomic E-state index is -0.330. The molecule has 2 aromatic rings. The van der Waals surface area contributed by atoms with Crippen LogP contribution in [-0.2, 0) is 16.1 Å². The van der Waals surface area contributed by atoms with Gasteiger partial charge in [-0.1, -0.05) is 24.3 Å². The summed E-state index contributed by atoms with van der Waals surface area (Å²) in [5.41, 5.74) is 2.36. The number of hydrogen-bond donors (Lipinski definition) is 0. The Bertz CT molecular complexity index is 692. The predicted molar refractivity (Wildman–Crippen MR) is 97.9 cm³/mol. The molecule has 3 rings (SSSR count). The molecule has 1 unspecified atom stereocenters. The van der Waals surface area contributed by atoms with Gasteiger partial charge in [-0.25, -0.2) is 4.79 Å². The molecular weight excluding hydrogens is 314 g/mol. The predicted octanol–water partition coefficient (Wildman–Crippen LogP) is 3.30. The summed E-state index contributed by atoms with van der Waals surface area (Å²) < 4.78 is 6.61. The second kappa shape index (κ2) is 8.62. The average molecular weight is 339 g/mol. The van der Waals surface area contributed by atoms with Crippen molar-refractivity contribution in [3.8, 4) is 0 Å². The van der Waals surface area contributed by atoms with Crippen LogP contribution in [-0.4, -0.2) is 40.8 Å². The van der Waals surface area contributed by atoms with E-state index >= 15 is 0 Å². The molecule has 0 bridgehead atoms. The van der Waals surface area contributed by atoms with Gasteiger partial charge in [0.1, 0.15) is 0 Å². The third-order valence-electron chi connectivity index (χ3n) is 4.69. The molecule has 0 aliphatic carbocycles. The van der Waals surface area contributed by atoms with Crippen molar-refractivity contribution in [2.24, 2.45) is 0 Å². The van der Waals surface area contributed by atoms with Crippen LogP contribution in [0.5, 0.6) is 0 Å². The van der Waals surface area contributed by atoms with Crippen molar-refractivity contribution in [2.75, 3.05) is 20.2 Å². The smallest absolute Gasteiger partial charge is 0.330 e. The molecule has 1 fully saturated rings. The number of aromatic nitrogens is 2. The lowest BCUT2D eigenvalue weighted by Gasteiger charge is -2.25. The summed E-state index contributed by atoms with van der Waals surface area (Å²) >= 11 is 0. The Hall–Kier alpha value is -2.40. The van der Waals surface area contributed by atoms with Gasteiger partial charge < -0.3 is 4.74 Å². The van der Waals surface area contributed by atoms with Crippen molar-refractivity contribution in [2.45, 2.75) is 31.8 Å². The number of esters is 1. The van der Waals surface area contributed by atoms with Gasteiger partial charge in [-0.2, -0.15) is 5.10 Å². The third kappa shape index (κ3) is 4.79. The second-order valence-corrected chi connectivity index (χ2v) is 6.34. The van der Waals surface area contributed by atoms with Crippen molar-refractivity contribution in [3.63, 3.8) is 0 Å². The standard InChI is InChI=1S/C20H25N3O2/c1-25-20(24)11-8-17-6-9-18(10-7-17)19-5-2-13-22(19)14-4-16-23-15-3-12-21-23/h3,6-12,15,19H,2,4-5,13-14,16H2,1H3. The molecule has 0 radical (unpaired) electrons. The van der Waals surface area contributed by atoms with Crippen LogP contribution in [0.25, 0.3) is 6.08 Å². The number of ether oxygens (including phenoxy) is 1. The summed E-state index contributed by atoms with van der Waals surface area (Å²) in [6.45, 7) is 3.22. The Labute approximate surface area is 148 Å². The van der Waals surface area contributed by atoms with Crippen molar-refractivity contribution >= 4 is 12.0 Å². The van der Waals surface area contributed by atoms with E-state index in [2.05, 4.69) is 39.0 Å². The molecule has 5 nitrogen and oxygen atoms in total. The van der Waals surface area contributed by atoms with E-state index in [9.17, 15) is 4.79 Å². The fraction of sp³-hybridized carbons (Fsp3) is 0.400. The van der Waals surface area contributed by atoms with Crippen LogP contribution >= 0.6 is 0 Å². The molecule has 0 N–H and O–H groups in total. The Morgan fingerprint density at radius 2 is 2.16 bits per heavy atom. The van der Waals surface area contributed by atoms with E-state index in [4.69, 9.17) is 0 Å². The maximum Gasteiger partial charge on any atom is 0.330 e. The molecular formula is C20H25N3O2. The summed E-state index contributed by atoms with van der Waals surface area (Å²) in [4.78, 5) is 13.7. The maximum atomic E-state index is 11.2. The minimum Gasteiger partial charge on any atom is -0.466 e. The number of carbonyl (C=O) groups excluding carboxylic acids is 1. The fourth-order valence-corrected chi connectivity index (χ4v) is 3.40. The van der Waals surface area contributed by atoms with Crippen molar-refractivity contribution in [1.29, 1.82) is 0 Å². The summed E-state index contributed by atoms with van der Waals surface area (Å²) in [6, 6.07) is 10.9. The fourth-order valence-electron chi connectivity index (χ4n) is 3.40. The van der Waals surface area contributed by atoms with Gasteiger partial charge in [-0.15, -0.1) is 0 Å². The maximum absolute atomic E-state index is 11.2. The molecule has 1 atom stereocenters. The molecule has 1 aliphatic heterocycles. The first kappa shape index (κ1) is 17.4. The number of aryl methyl sites for hydroxylation is 1. The minimum absolute atomic E-state index is 0.330. The lowest BCUT2D eigenvalue weighted by molar-refractivity contribution is -0.134. The van der Waals surface area contributed by atoms with E-state index in [0.717, 1.165) is 31.6 Å². The summed E-state index contributed by atoms with van der Waals surface area (Å²) in [5, 5.41) is 4.26. The van der Waals surface area contributed by atoms with Crippen LogP contribution in [0.1, 0.15) is 36.4 Å². The molecule has 1 saturated heterocycles. The second-order valence-electron chi connectivity index (χ2n) is 6.34. The SMILES string of the molecule is COC(=O)C=Cc1ccc(C2CCCN2CCCn2cccn2)cc1. The molecule has 0 saturated carbocycles. The van der Waals surface area contributed by atoms with E-state index in [1.165, 1.54) is 31.6 Å². The number of methoxy groups -OCH3 is 1. The quantitative estimate of drug-likeness (QED) is 0.574. The molecule has 1 aliphatic rings. The average Bonchev–Trinajstić information content (AvgIpc) is 3.32. The topological polar surface area (TPSA) is 47.4 Å².